The van der Waals surface area contributed by atoms with Gasteiger partial charge < -0.3 is 10.6 Å². The van der Waals surface area contributed by atoms with Crippen LogP contribution < -0.4 is 14.9 Å². The lowest BCUT2D eigenvalue weighted by Gasteiger charge is -2.20. The maximum Gasteiger partial charge on any atom is 0.264 e. The molecule has 1 amide bonds. The van der Waals surface area contributed by atoms with Gasteiger partial charge in [0.05, 0.1) is 10.6 Å². The van der Waals surface area contributed by atoms with E-state index in [2.05, 4.69) is 10.6 Å². The highest BCUT2D eigenvalue weighted by Crippen LogP contribution is 2.25. The lowest BCUT2D eigenvalue weighted by atomic mass is 10.2. The van der Waals surface area contributed by atoms with Crippen LogP contribution in [0.15, 0.2) is 53.4 Å². The molecule has 2 aromatic carbocycles. The van der Waals surface area contributed by atoms with Crippen molar-refractivity contribution in [3.05, 3.63) is 59.1 Å². The summed E-state index contributed by atoms with van der Waals surface area (Å²) in [5.41, 5.74) is 0.736. The van der Waals surface area contributed by atoms with Crippen molar-refractivity contribution in [2.45, 2.75) is 11.8 Å². The predicted molar refractivity (Wildman–Crippen MR) is 104 cm³/mol. The first-order valence-electron chi connectivity index (χ1n) is 8.19. The SMILES string of the molecule is CCNCCNC(=O)c1cccc(S(=O)(=O)N(C)c2cccc(Cl)c2)c1. The van der Waals surface area contributed by atoms with Gasteiger partial charge in [0.2, 0.25) is 0 Å². The first kappa shape index (κ1) is 20.2. The fourth-order valence-electron chi connectivity index (χ4n) is 2.31. The Kier molecular flexibility index (Phi) is 7.02. The van der Waals surface area contributed by atoms with Gasteiger partial charge in [-0.3, -0.25) is 9.10 Å². The van der Waals surface area contributed by atoms with Gasteiger partial charge in [-0.1, -0.05) is 30.7 Å². The first-order chi connectivity index (χ1) is 12.4. The number of nitrogens with one attached hydrogen (secondary N) is 2. The fourth-order valence-corrected chi connectivity index (χ4v) is 3.73. The molecule has 0 unspecified atom stereocenters. The molecule has 0 atom stereocenters. The van der Waals surface area contributed by atoms with Gasteiger partial charge in [0.15, 0.2) is 0 Å². The molecular weight excluding hydrogens is 374 g/mol. The summed E-state index contributed by atoms with van der Waals surface area (Å²) in [7, 11) is -2.36. The highest BCUT2D eigenvalue weighted by Gasteiger charge is 2.22. The van der Waals surface area contributed by atoms with Crippen LogP contribution in [-0.4, -0.2) is 41.0 Å². The summed E-state index contributed by atoms with van der Waals surface area (Å²) >= 11 is 5.94. The number of hydrogen-bond acceptors (Lipinski definition) is 4. The van der Waals surface area contributed by atoms with E-state index in [9.17, 15) is 13.2 Å². The molecule has 0 saturated heterocycles. The van der Waals surface area contributed by atoms with Gasteiger partial charge in [0.25, 0.3) is 15.9 Å². The summed E-state index contributed by atoms with van der Waals surface area (Å²) in [4.78, 5) is 12.2. The normalized spacial score (nSPS) is 11.2. The quantitative estimate of drug-likeness (QED) is 0.673. The van der Waals surface area contributed by atoms with Crippen molar-refractivity contribution in [2.24, 2.45) is 0 Å². The van der Waals surface area contributed by atoms with Crippen LogP contribution in [0.1, 0.15) is 17.3 Å². The van der Waals surface area contributed by atoms with Crippen LogP contribution in [0.25, 0.3) is 0 Å². The van der Waals surface area contributed by atoms with Gasteiger partial charge in [-0.05, 0) is 42.9 Å². The zero-order valence-corrected chi connectivity index (χ0v) is 16.3. The van der Waals surface area contributed by atoms with Crippen molar-refractivity contribution in [1.29, 1.82) is 0 Å². The number of carbonyl (C=O) groups is 1. The molecule has 2 N–H and O–H groups in total. The Hall–Kier alpha value is -2.09. The molecule has 2 aromatic rings. The molecule has 0 fully saturated rings. The number of hydrogen-bond donors (Lipinski definition) is 2. The predicted octanol–water partition coefficient (Wildman–Crippen LogP) is 2.50. The maximum atomic E-state index is 12.9. The Morgan fingerprint density at radius 1 is 1.12 bits per heavy atom. The molecule has 140 valence electrons. The smallest absolute Gasteiger partial charge is 0.264 e. The Morgan fingerprint density at radius 3 is 2.54 bits per heavy atom. The number of likely N-dealkylation sites (N-methyl/N-ethyl adjacent to an activating group) is 1. The molecule has 26 heavy (non-hydrogen) atoms. The monoisotopic (exact) mass is 395 g/mol. The molecule has 0 aliphatic heterocycles. The summed E-state index contributed by atoms with van der Waals surface area (Å²) in [6, 6.07) is 12.5. The zero-order valence-electron chi connectivity index (χ0n) is 14.7. The van der Waals surface area contributed by atoms with Crippen molar-refractivity contribution < 1.29 is 13.2 Å². The largest absolute Gasteiger partial charge is 0.351 e. The summed E-state index contributed by atoms with van der Waals surface area (Å²) < 4.78 is 26.9. The van der Waals surface area contributed by atoms with Gasteiger partial charge in [0, 0.05) is 30.7 Å². The van der Waals surface area contributed by atoms with Gasteiger partial charge >= 0.3 is 0 Å². The Balaban J connectivity index is 2.21. The molecule has 0 aliphatic carbocycles. The molecule has 0 saturated carbocycles. The fraction of sp³-hybridized carbons (Fsp3) is 0.278. The standard InChI is InChI=1S/C18H22ClN3O3S/c1-3-20-10-11-21-18(23)14-6-4-9-17(12-14)26(24,25)22(2)16-8-5-7-15(19)13-16/h4-9,12-13,20H,3,10-11H2,1-2H3,(H,21,23). The van der Waals surface area contributed by atoms with Crippen LogP contribution in [0.3, 0.4) is 0 Å². The van der Waals surface area contributed by atoms with E-state index in [0.29, 0.717) is 29.4 Å². The number of rotatable bonds is 8. The van der Waals surface area contributed by atoms with Crippen molar-refractivity contribution in [3.8, 4) is 0 Å². The molecule has 8 heteroatoms. The molecule has 0 aromatic heterocycles. The average Bonchev–Trinajstić information content (AvgIpc) is 2.64. The number of carbonyl (C=O) groups excluding carboxylic acids is 1. The second-order valence-electron chi connectivity index (χ2n) is 5.59. The van der Waals surface area contributed by atoms with Gasteiger partial charge in [-0.2, -0.15) is 0 Å². The van der Waals surface area contributed by atoms with E-state index in [-0.39, 0.29) is 10.8 Å². The van der Waals surface area contributed by atoms with Crippen molar-refractivity contribution >= 4 is 33.2 Å². The number of benzene rings is 2. The topological polar surface area (TPSA) is 78.5 Å². The van der Waals surface area contributed by atoms with Crippen molar-refractivity contribution in [2.75, 3.05) is 31.0 Å². The molecule has 2 rings (SSSR count). The van der Waals surface area contributed by atoms with E-state index in [1.54, 1.807) is 36.4 Å². The van der Waals surface area contributed by atoms with Crippen LogP contribution >= 0.6 is 11.6 Å². The second-order valence-corrected chi connectivity index (χ2v) is 8.00. The summed E-state index contributed by atoms with van der Waals surface area (Å²) in [6.45, 7) is 3.91. The summed E-state index contributed by atoms with van der Waals surface area (Å²) in [5, 5.41) is 6.30. The van der Waals surface area contributed by atoms with Gasteiger partial charge in [-0.25, -0.2) is 8.42 Å². The molecule has 0 aliphatic rings. The molecular formula is C18H22ClN3O3S. The van der Waals surface area contributed by atoms with Crippen molar-refractivity contribution in [3.63, 3.8) is 0 Å². The average molecular weight is 396 g/mol. The van der Waals surface area contributed by atoms with E-state index >= 15 is 0 Å². The third kappa shape index (κ3) is 4.97. The van der Waals surface area contributed by atoms with E-state index in [0.717, 1.165) is 10.8 Å². The van der Waals surface area contributed by atoms with E-state index in [1.165, 1.54) is 19.2 Å². The minimum atomic E-state index is -3.81. The van der Waals surface area contributed by atoms with E-state index < -0.39 is 10.0 Å². The lowest BCUT2D eigenvalue weighted by molar-refractivity contribution is 0.0953. The number of anilines is 1. The maximum absolute atomic E-state index is 12.9. The summed E-state index contributed by atoms with van der Waals surface area (Å²) in [6.07, 6.45) is 0. The number of nitrogens with zero attached hydrogens (tertiary/aromatic N) is 1. The van der Waals surface area contributed by atoms with E-state index in [4.69, 9.17) is 11.6 Å². The van der Waals surface area contributed by atoms with Gasteiger partial charge in [-0.15, -0.1) is 0 Å². The number of amides is 1. The highest BCUT2D eigenvalue weighted by molar-refractivity contribution is 7.92. The first-order valence-corrected chi connectivity index (χ1v) is 10.0. The Bertz CT molecular complexity index is 871. The lowest BCUT2D eigenvalue weighted by Crippen LogP contribution is -2.32. The number of halogens is 1. The van der Waals surface area contributed by atoms with Crippen molar-refractivity contribution in [1.82, 2.24) is 10.6 Å². The molecule has 0 spiro atoms. The Labute approximate surface area is 159 Å². The molecule has 6 nitrogen and oxygen atoms in total. The summed E-state index contributed by atoms with van der Waals surface area (Å²) in [5.74, 6) is -0.314. The highest BCUT2D eigenvalue weighted by atomic mass is 35.5. The molecule has 0 bridgehead atoms. The van der Waals surface area contributed by atoms with Gasteiger partial charge in [0.1, 0.15) is 0 Å². The third-order valence-electron chi connectivity index (χ3n) is 3.76. The minimum Gasteiger partial charge on any atom is -0.351 e. The van der Waals surface area contributed by atoms with Crippen LogP contribution in [0.2, 0.25) is 5.02 Å². The van der Waals surface area contributed by atoms with Crippen LogP contribution in [0.5, 0.6) is 0 Å². The molecule has 0 heterocycles. The second kappa shape index (κ2) is 9.02. The third-order valence-corrected chi connectivity index (χ3v) is 5.78. The zero-order chi connectivity index (χ0) is 19.2. The van der Waals surface area contributed by atoms with Crippen LogP contribution in [0, 0.1) is 0 Å². The Morgan fingerprint density at radius 2 is 1.85 bits per heavy atom. The number of sulfonamides is 1. The van der Waals surface area contributed by atoms with Crippen LogP contribution in [-0.2, 0) is 10.0 Å². The minimum absolute atomic E-state index is 0.0410. The van der Waals surface area contributed by atoms with Crippen LogP contribution in [0.4, 0.5) is 5.69 Å². The van der Waals surface area contributed by atoms with E-state index in [1.807, 2.05) is 6.92 Å². The molecule has 0 radical (unpaired) electrons.